The van der Waals surface area contributed by atoms with E-state index in [4.69, 9.17) is 14.2 Å². The number of methoxy groups -OCH3 is 2. The zero-order chi connectivity index (χ0) is 16.2. The van der Waals surface area contributed by atoms with E-state index in [9.17, 15) is 4.79 Å². The molecule has 0 amide bonds. The molecule has 0 spiro atoms. The summed E-state index contributed by atoms with van der Waals surface area (Å²) in [5, 5.41) is 0. The molecule has 1 aliphatic heterocycles. The second-order valence-electron chi connectivity index (χ2n) is 5.54. The molecule has 3 rings (SSSR count). The van der Waals surface area contributed by atoms with Crippen molar-refractivity contribution in [2.75, 3.05) is 14.2 Å². The number of hydrogen-bond donors (Lipinski definition) is 0. The Morgan fingerprint density at radius 2 is 1.26 bits per heavy atom. The third-order valence-corrected chi connectivity index (χ3v) is 4.13. The Balaban J connectivity index is 1.92. The lowest BCUT2D eigenvalue weighted by atomic mass is 9.93. The number of ketones is 1. The van der Waals surface area contributed by atoms with Crippen molar-refractivity contribution in [3.8, 4) is 11.5 Å². The first-order valence-corrected chi connectivity index (χ1v) is 7.66. The van der Waals surface area contributed by atoms with Crippen molar-refractivity contribution in [1.29, 1.82) is 0 Å². The Morgan fingerprint density at radius 3 is 1.70 bits per heavy atom. The fraction of sp³-hybridized carbons (Fsp3) is 0.316. The average molecular weight is 312 g/mol. The van der Waals surface area contributed by atoms with Gasteiger partial charge in [-0.25, -0.2) is 0 Å². The van der Waals surface area contributed by atoms with Crippen LogP contribution in [0, 0.1) is 0 Å². The van der Waals surface area contributed by atoms with Crippen molar-refractivity contribution in [3.05, 3.63) is 59.7 Å². The predicted octanol–water partition coefficient (Wildman–Crippen LogP) is 3.87. The van der Waals surface area contributed by atoms with Crippen LogP contribution in [0.4, 0.5) is 0 Å². The first-order valence-electron chi connectivity index (χ1n) is 7.66. The smallest absolute Gasteiger partial charge is 0.138 e. The molecular weight excluding hydrogens is 292 g/mol. The SMILES string of the molecule is COc1ccccc1C1CC(=O)CC(c2ccccc2OC)O1. The molecular formula is C19H20O4. The van der Waals surface area contributed by atoms with Gasteiger partial charge in [-0.3, -0.25) is 4.79 Å². The number of para-hydroxylation sites is 2. The summed E-state index contributed by atoms with van der Waals surface area (Å²) in [6, 6.07) is 15.3. The van der Waals surface area contributed by atoms with Crippen LogP contribution in [0.15, 0.2) is 48.5 Å². The lowest BCUT2D eigenvalue weighted by Crippen LogP contribution is -2.23. The Kier molecular flexibility index (Phi) is 4.63. The van der Waals surface area contributed by atoms with Gasteiger partial charge in [0.25, 0.3) is 0 Å². The van der Waals surface area contributed by atoms with E-state index in [1.54, 1.807) is 14.2 Å². The predicted molar refractivity (Wildman–Crippen MR) is 86.8 cm³/mol. The molecule has 0 radical (unpaired) electrons. The highest BCUT2D eigenvalue weighted by Gasteiger charge is 2.32. The second-order valence-corrected chi connectivity index (χ2v) is 5.54. The summed E-state index contributed by atoms with van der Waals surface area (Å²) >= 11 is 0. The first kappa shape index (κ1) is 15.6. The van der Waals surface area contributed by atoms with Crippen LogP contribution in [0.5, 0.6) is 11.5 Å². The lowest BCUT2D eigenvalue weighted by Gasteiger charge is -2.31. The summed E-state index contributed by atoms with van der Waals surface area (Å²) < 4.78 is 17.0. The molecule has 1 aliphatic rings. The van der Waals surface area contributed by atoms with E-state index in [0.29, 0.717) is 12.8 Å². The van der Waals surface area contributed by atoms with Crippen LogP contribution in [0.1, 0.15) is 36.2 Å². The number of carbonyl (C=O) groups is 1. The zero-order valence-corrected chi connectivity index (χ0v) is 13.3. The summed E-state index contributed by atoms with van der Waals surface area (Å²) in [5.41, 5.74) is 1.81. The van der Waals surface area contributed by atoms with Crippen molar-refractivity contribution in [2.24, 2.45) is 0 Å². The Bertz CT molecular complexity index is 638. The fourth-order valence-electron chi connectivity index (χ4n) is 3.02. The van der Waals surface area contributed by atoms with E-state index in [0.717, 1.165) is 22.6 Å². The van der Waals surface area contributed by atoms with E-state index in [2.05, 4.69) is 0 Å². The van der Waals surface area contributed by atoms with Gasteiger partial charge in [-0.2, -0.15) is 0 Å². The van der Waals surface area contributed by atoms with Gasteiger partial charge in [0.05, 0.1) is 26.4 Å². The summed E-state index contributed by atoms with van der Waals surface area (Å²) in [7, 11) is 3.25. The molecule has 2 atom stereocenters. The highest BCUT2D eigenvalue weighted by molar-refractivity contribution is 5.80. The largest absolute Gasteiger partial charge is 0.496 e. The molecule has 0 bridgehead atoms. The molecule has 4 nitrogen and oxygen atoms in total. The standard InChI is InChI=1S/C19H20O4/c1-21-16-9-5-3-7-14(16)18-11-13(20)12-19(23-18)15-8-4-6-10-17(15)22-2/h3-10,18-19H,11-12H2,1-2H3. The maximum atomic E-state index is 12.3. The third-order valence-electron chi connectivity index (χ3n) is 4.13. The van der Waals surface area contributed by atoms with E-state index in [-0.39, 0.29) is 18.0 Å². The molecule has 1 fully saturated rings. The minimum Gasteiger partial charge on any atom is -0.496 e. The summed E-state index contributed by atoms with van der Waals surface area (Å²) in [6.45, 7) is 0. The lowest BCUT2D eigenvalue weighted by molar-refractivity contribution is -0.136. The van der Waals surface area contributed by atoms with Crippen molar-refractivity contribution in [2.45, 2.75) is 25.0 Å². The third kappa shape index (κ3) is 3.22. The van der Waals surface area contributed by atoms with Crippen LogP contribution >= 0.6 is 0 Å². The highest BCUT2D eigenvalue weighted by atomic mass is 16.5. The van der Waals surface area contributed by atoms with Crippen LogP contribution in [-0.2, 0) is 9.53 Å². The van der Waals surface area contributed by atoms with Crippen LogP contribution in [0.25, 0.3) is 0 Å². The molecule has 1 saturated heterocycles. The van der Waals surface area contributed by atoms with Crippen LogP contribution in [0.2, 0.25) is 0 Å². The number of Topliss-reactive ketones (excluding diaryl/α,β-unsaturated/α-hetero) is 1. The zero-order valence-electron chi connectivity index (χ0n) is 13.3. The molecule has 2 unspecified atom stereocenters. The Hall–Kier alpha value is -2.33. The van der Waals surface area contributed by atoms with Gasteiger partial charge in [-0.1, -0.05) is 36.4 Å². The van der Waals surface area contributed by atoms with Crippen molar-refractivity contribution >= 4 is 5.78 Å². The Morgan fingerprint density at radius 1 is 0.826 bits per heavy atom. The van der Waals surface area contributed by atoms with Gasteiger partial charge in [0.2, 0.25) is 0 Å². The van der Waals surface area contributed by atoms with Crippen molar-refractivity contribution in [1.82, 2.24) is 0 Å². The van der Waals surface area contributed by atoms with Gasteiger partial charge >= 0.3 is 0 Å². The maximum Gasteiger partial charge on any atom is 0.138 e. The molecule has 2 aromatic carbocycles. The molecule has 1 heterocycles. The second kappa shape index (κ2) is 6.84. The van der Waals surface area contributed by atoms with Gasteiger partial charge in [0.1, 0.15) is 17.3 Å². The van der Waals surface area contributed by atoms with Gasteiger partial charge in [0, 0.05) is 24.0 Å². The highest BCUT2D eigenvalue weighted by Crippen LogP contribution is 2.42. The number of rotatable bonds is 4. The van der Waals surface area contributed by atoms with E-state index < -0.39 is 0 Å². The minimum absolute atomic E-state index is 0.183. The quantitative estimate of drug-likeness (QED) is 0.860. The van der Waals surface area contributed by atoms with E-state index in [1.165, 1.54) is 0 Å². The normalized spacial score (nSPS) is 21.0. The van der Waals surface area contributed by atoms with Gasteiger partial charge in [-0.15, -0.1) is 0 Å². The molecule has 0 aliphatic carbocycles. The topological polar surface area (TPSA) is 44.8 Å². The monoisotopic (exact) mass is 312 g/mol. The van der Waals surface area contributed by atoms with Gasteiger partial charge in [0.15, 0.2) is 0 Å². The number of benzene rings is 2. The molecule has 120 valence electrons. The molecule has 0 N–H and O–H groups in total. The minimum atomic E-state index is -0.303. The van der Waals surface area contributed by atoms with Crippen molar-refractivity contribution < 1.29 is 19.0 Å². The van der Waals surface area contributed by atoms with E-state index >= 15 is 0 Å². The summed E-state index contributed by atoms with van der Waals surface area (Å²) in [5.74, 6) is 1.67. The summed E-state index contributed by atoms with van der Waals surface area (Å²) in [6.07, 6.45) is 0.127. The van der Waals surface area contributed by atoms with Gasteiger partial charge in [-0.05, 0) is 12.1 Å². The molecule has 23 heavy (non-hydrogen) atoms. The van der Waals surface area contributed by atoms with Crippen LogP contribution in [-0.4, -0.2) is 20.0 Å². The van der Waals surface area contributed by atoms with Crippen LogP contribution < -0.4 is 9.47 Å². The first-order chi connectivity index (χ1) is 11.2. The van der Waals surface area contributed by atoms with Crippen molar-refractivity contribution in [3.63, 3.8) is 0 Å². The average Bonchev–Trinajstić information content (AvgIpc) is 2.61. The number of ether oxygens (including phenoxy) is 3. The molecule has 0 aromatic heterocycles. The maximum absolute atomic E-state index is 12.3. The van der Waals surface area contributed by atoms with Crippen LogP contribution in [0.3, 0.4) is 0 Å². The number of hydrogen-bond acceptors (Lipinski definition) is 4. The molecule has 4 heteroatoms. The molecule has 2 aromatic rings. The number of carbonyl (C=O) groups excluding carboxylic acids is 1. The molecule has 0 saturated carbocycles. The Labute approximate surface area is 136 Å². The summed E-state index contributed by atoms with van der Waals surface area (Å²) in [4.78, 5) is 12.3. The van der Waals surface area contributed by atoms with Gasteiger partial charge < -0.3 is 14.2 Å². The fourth-order valence-corrected chi connectivity index (χ4v) is 3.02. The van der Waals surface area contributed by atoms with E-state index in [1.807, 2.05) is 48.5 Å².